The molecule has 0 aliphatic heterocycles. The Morgan fingerprint density at radius 1 is 0.375 bits per heavy atom. The fourth-order valence-electron chi connectivity index (χ4n) is 7.45. The van der Waals surface area contributed by atoms with Gasteiger partial charge in [-0.05, 0) is 32.7 Å². The van der Waals surface area contributed by atoms with Crippen LogP contribution in [0.4, 0.5) is 0 Å². The Labute approximate surface area is 351 Å². The van der Waals surface area contributed by atoms with Crippen LogP contribution < -0.4 is 0 Å². The first-order valence-electron chi connectivity index (χ1n) is 18.6. The minimum absolute atomic E-state index is 0.826. The van der Waals surface area contributed by atoms with Gasteiger partial charge in [0.15, 0.2) is 0 Å². The predicted molar refractivity (Wildman–Crippen MR) is 245 cm³/mol. The van der Waals surface area contributed by atoms with E-state index in [1.807, 2.05) is 0 Å². The molecule has 10 rings (SSSR count). The Morgan fingerprint density at radius 3 is 1.07 bits per heavy atom. The monoisotopic (exact) mass is 852 g/mol. The van der Waals surface area contributed by atoms with Crippen LogP contribution in [0.1, 0.15) is 0 Å². The molecule has 0 bridgehead atoms. The van der Waals surface area contributed by atoms with E-state index in [0.29, 0.717) is 0 Å². The van der Waals surface area contributed by atoms with Gasteiger partial charge in [-0.15, -0.1) is 69.1 Å². The molecule has 0 saturated carbocycles. The van der Waals surface area contributed by atoms with Gasteiger partial charge in [-0.25, -0.2) is 0 Å². The summed E-state index contributed by atoms with van der Waals surface area (Å²) in [6, 6.07) is 74.0. The minimum atomic E-state index is -0.826. The zero-order chi connectivity index (χ0) is 38.7. The first-order chi connectivity index (χ1) is 27.6. The minimum Gasteiger partial charge on any atom is -0.144 e. The van der Waals surface area contributed by atoms with Crippen molar-refractivity contribution in [1.82, 2.24) is 0 Å². The molecule has 4 heteroatoms. The second-order valence-electron chi connectivity index (χ2n) is 13.5. The van der Waals surface area contributed by atoms with Crippen LogP contribution in [0.5, 0.6) is 0 Å². The van der Waals surface area contributed by atoms with Gasteiger partial charge >= 0.3 is 37.9 Å². The number of hydrogen-bond acceptors (Lipinski definition) is 0. The molecule has 0 nitrogen and oxygen atoms in total. The molecule has 0 atom stereocenters. The molecule has 10 aromatic carbocycles. The maximum Gasteiger partial charge on any atom is -0.0112 e. The molecule has 0 aliphatic carbocycles. The van der Waals surface area contributed by atoms with Crippen molar-refractivity contribution in [3.05, 3.63) is 206 Å². The average molecular weight is 855 g/mol. The van der Waals surface area contributed by atoms with Crippen LogP contribution in [0.15, 0.2) is 206 Å². The molecule has 0 aliphatic rings. The Hall–Kier alpha value is -4.82. The maximum atomic E-state index is 4.93. The van der Waals surface area contributed by atoms with Gasteiger partial charge < -0.3 is 0 Å². The van der Waals surface area contributed by atoms with E-state index in [4.69, 9.17) is 17.0 Å². The molecule has 0 saturated heterocycles. The van der Waals surface area contributed by atoms with Gasteiger partial charge in [-0.1, -0.05) is 205 Å². The molecule has 56 heavy (non-hydrogen) atoms. The molecule has 0 heterocycles. The predicted octanol–water partition coefficient (Wildman–Crippen LogP) is 16.3. The van der Waals surface area contributed by atoms with Crippen LogP contribution in [0.3, 0.4) is 0 Å². The molecule has 0 fully saturated rings. The molecule has 0 spiro atoms. The van der Waals surface area contributed by atoms with Gasteiger partial charge in [0.2, 0.25) is 0 Å². The van der Waals surface area contributed by atoms with E-state index >= 15 is 0 Å². The molecule has 0 unspecified atom stereocenters. The quantitative estimate of drug-likeness (QED) is 0.122. The normalized spacial score (nSPS) is 10.5. The molecule has 0 N–H and O–H groups in total. The van der Waals surface area contributed by atoms with E-state index < -0.39 is 20.8 Å². The molecule has 2 radical (unpaired) electrons. The Balaban J connectivity index is 0.000000151. The molecule has 0 aromatic heterocycles. The summed E-state index contributed by atoms with van der Waals surface area (Å²) in [7, 11) is 11.0. The Bertz CT molecular complexity index is 2600. The van der Waals surface area contributed by atoms with Crippen molar-refractivity contribution in [1.29, 1.82) is 0 Å². The molecule has 0 amide bonds. The second-order valence-corrected chi connectivity index (χ2v) is 18.2. The third-order valence-corrected chi connectivity index (χ3v) is 9.88. The van der Waals surface area contributed by atoms with Crippen molar-refractivity contribution in [3.8, 4) is 44.5 Å². The van der Waals surface area contributed by atoms with Crippen LogP contribution in [0, 0.1) is 0 Å². The summed E-state index contributed by atoms with van der Waals surface area (Å²) in [4.78, 5) is 0. The van der Waals surface area contributed by atoms with Crippen LogP contribution in [-0.2, 0) is 20.8 Å². The number of benzene rings is 8. The number of halogens is 2. The number of rotatable bonds is 4. The van der Waals surface area contributed by atoms with Gasteiger partial charge in [-0.2, -0.15) is 0 Å². The topological polar surface area (TPSA) is 0 Å². The van der Waals surface area contributed by atoms with Crippen molar-refractivity contribution >= 4 is 69.6 Å². The summed E-state index contributed by atoms with van der Waals surface area (Å²) in [5.41, 5.74) is 10.3. The van der Waals surface area contributed by atoms with Gasteiger partial charge in [0, 0.05) is 9.52 Å². The summed E-state index contributed by atoms with van der Waals surface area (Å²) in [5.74, 6) is 0. The van der Waals surface area contributed by atoms with Crippen molar-refractivity contribution in [3.63, 3.8) is 0 Å². The van der Waals surface area contributed by atoms with Gasteiger partial charge in [0.05, 0.1) is 0 Å². The van der Waals surface area contributed by atoms with Crippen LogP contribution >= 0.6 is 17.0 Å². The summed E-state index contributed by atoms with van der Waals surface area (Å²) in [6.07, 6.45) is 0. The second kappa shape index (κ2) is 19.4. The summed E-state index contributed by atoms with van der Waals surface area (Å²) >= 11 is -0.826. The van der Waals surface area contributed by atoms with E-state index in [-0.39, 0.29) is 0 Å². The number of hydrogen-bond donors (Lipinski definition) is 0. The van der Waals surface area contributed by atoms with Crippen LogP contribution in [-0.4, -0.2) is 9.52 Å². The van der Waals surface area contributed by atoms with Crippen molar-refractivity contribution in [2.75, 3.05) is 0 Å². The fraction of sp³-hybridized carbons (Fsp3) is 0.0385. The van der Waals surface area contributed by atoms with E-state index in [1.54, 1.807) is 0 Å². The van der Waals surface area contributed by atoms with Crippen LogP contribution in [0.25, 0.3) is 87.6 Å². The van der Waals surface area contributed by atoms with E-state index in [9.17, 15) is 0 Å². The standard InChI is InChI=1S/2C25H17.C2H6Si.2ClH.Zr/c2*1-2-8-18(9-3-1)21-16-20-12-7-15-24(25(20)17-21)23-14-6-11-19-10-4-5-13-22(19)23;1-3-2;;;/h2*1-17H;1-2H3;2*1H;/q2*-1;;;;+4/p-2. The summed E-state index contributed by atoms with van der Waals surface area (Å²) in [6.45, 7) is 4.31. The molecule has 10 aromatic rings. The Kier molecular flexibility index (Phi) is 13.6. The molecule has 270 valence electrons. The van der Waals surface area contributed by atoms with Crippen molar-refractivity contribution in [2.24, 2.45) is 0 Å². The van der Waals surface area contributed by atoms with E-state index in [2.05, 4.69) is 219 Å². The van der Waals surface area contributed by atoms with Crippen molar-refractivity contribution < 1.29 is 20.8 Å². The first kappa shape index (κ1) is 39.4. The number of fused-ring (bicyclic) bond motifs is 4. The average Bonchev–Trinajstić information content (AvgIpc) is 3.91. The smallest absolute Gasteiger partial charge is 0.0112 e. The summed E-state index contributed by atoms with van der Waals surface area (Å²) < 4.78 is 0. The largest absolute Gasteiger partial charge is 0.144 e. The van der Waals surface area contributed by atoms with Crippen LogP contribution in [0.2, 0.25) is 13.1 Å². The first-order valence-corrected chi connectivity index (χ1v) is 27.0. The third-order valence-electron chi connectivity index (χ3n) is 9.88. The van der Waals surface area contributed by atoms with E-state index in [1.165, 1.54) is 87.6 Å². The van der Waals surface area contributed by atoms with Gasteiger partial charge in [-0.3, -0.25) is 0 Å². The molecular weight excluding hydrogens is 815 g/mol. The zero-order valence-corrected chi connectivity index (χ0v) is 36.4. The fourth-order valence-corrected chi connectivity index (χ4v) is 7.45. The SMILES string of the molecule is C[Si]C.[Cl][Zr+2][Cl].c1ccc(-c2cc3c(-c4cccc5ccccc45)cccc3[cH-]2)cc1.c1ccc(-c2cc3c(-c4cccc5ccccc45)cccc3[cH-]2)cc1. The zero-order valence-electron chi connectivity index (χ0n) is 31.4. The maximum absolute atomic E-state index is 4.93. The van der Waals surface area contributed by atoms with Gasteiger partial charge in [0.1, 0.15) is 0 Å². The Morgan fingerprint density at radius 2 is 0.679 bits per heavy atom. The van der Waals surface area contributed by atoms with E-state index in [0.717, 1.165) is 9.52 Å². The molecular formula is C52H40Cl2SiZr. The van der Waals surface area contributed by atoms with Crippen molar-refractivity contribution in [2.45, 2.75) is 13.1 Å². The van der Waals surface area contributed by atoms with Gasteiger partial charge in [0.25, 0.3) is 0 Å². The summed E-state index contributed by atoms with van der Waals surface area (Å²) in [5, 5.41) is 10.4. The third kappa shape index (κ3) is 8.91.